The Kier molecular flexibility index (Phi) is 6.17. The number of nitrogens with zero attached hydrogens (tertiary/aromatic N) is 4. The average molecular weight is 499 g/mol. The molecule has 0 radical (unpaired) electrons. The number of amides is 1. The molecule has 0 aliphatic heterocycles. The standard InChI is InChI=1S/C22H22N6O2S3/c1-11-3-8-14-15(9-11)32-20-17(14)18(23)25-22(26-20)31-10-16-27-28-21(33-16)19(29)24-12-4-6-13(30-2)7-5-12/h4-7,11H,3,8-10H2,1-2H3,(H,24,29)(H2,23,25,26). The van der Waals surface area contributed by atoms with Gasteiger partial charge < -0.3 is 15.8 Å². The summed E-state index contributed by atoms with van der Waals surface area (Å²) < 4.78 is 5.13. The van der Waals surface area contributed by atoms with Crippen LogP contribution in [0, 0.1) is 5.92 Å². The largest absolute Gasteiger partial charge is 0.497 e. The maximum atomic E-state index is 12.5. The van der Waals surface area contributed by atoms with Crippen molar-refractivity contribution in [2.75, 3.05) is 18.2 Å². The van der Waals surface area contributed by atoms with Crippen LogP contribution in [0.5, 0.6) is 5.75 Å². The Bertz CT molecular complexity index is 1320. The van der Waals surface area contributed by atoms with Gasteiger partial charge in [-0.2, -0.15) is 0 Å². The number of nitrogen functional groups attached to an aromatic ring is 1. The predicted octanol–water partition coefficient (Wildman–Crippen LogP) is 4.80. The SMILES string of the molecule is COc1ccc(NC(=O)c2nnc(CSc3nc(N)c4c5c(sc4n3)CC(C)CC5)s2)cc1. The maximum absolute atomic E-state index is 12.5. The molecule has 0 saturated heterocycles. The molecule has 3 heterocycles. The molecule has 1 amide bonds. The fraction of sp³-hybridized carbons (Fsp3) is 0.318. The first-order chi connectivity index (χ1) is 16.0. The third-order valence-electron chi connectivity index (χ3n) is 5.50. The van der Waals surface area contributed by atoms with Crippen molar-refractivity contribution in [2.45, 2.75) is 37.1 Å². The third-order valence-corrected chi connectivity index (χ3v) is 8.61. The van der Waals surface area contributed by atoms with Crippen molar-refractivity contribution < 1.29 is 9.53 Å². The highest BCUT2D eigenvalue weighted by molar-refractivity contribution is 7.98. The van der Waals surface area contributed by atoms with E-state index in [0.717, 1.165) is 33.8 Å². The van der Waals surface area contributed by atoms with Gasteiger partial charge in [0.15, 0.2) is 5.16 Å². The molecule has 1 aliphatic carbocycles. The van der Waals surface area contributed by atoms with Crippen LogP contribution in [0.3, 0.4) is 0 Å². The van der Waals surface area contributed by atoms with E-state index in [2.05, 4.69) is 27.4 Å². The summed E-state index contributed by atoms with van der Waals surface area (Å²) >= 11 is 4.44. The summed E-state index contributed by atoms with van der Waals surface area (Å²) in [4.78, 5) is 24.1. The lowest BCUT2D eigenvalue weighted by atomic mass is 9.89. The molecule has 1 aromatic carbocycles. The van der Waals surface area contributed by atoms with E-state index >= 15 is 0 Å². The molecule has 1 unspecified atom stereocenters. The normalized spacial score (nSPS) is 15.4. The number of benzene rings is 1. The van der Waals surface area contributed by atoms with Gasteiger partial charge in [-0.05, 0) is 55.0 Å². The summed E-state index contributed by atoms with van der Waals surface area (Å²) in [5.41, 5.74) is 8.32. The van der Waals surface area contributed by atoms with Crippen LogP contribution in [0.4, 0.5) is 11.5 Å². The highest BCUT2D eigenvalue weighted by Crippen LogP contribution is 2.40. The van der Waals surface area contributed by atoms with Gasteiger partial charge in [-0.1, -0.05) is 30.0 Å². The van der Waals surface area contributed by atoms with Gasteiger partial charge in [0.05, 0.1) is 18.2 Å². The number of thioether (sulfide) groups is 1. The van der Waals surface area contributed by atoms with Crippen LogP contribution in [0.1, 0.15) is 38.6 Å². The van der Waals surface area contributed by atoms with E-state index in [0.29, 0.717) is 33.3 Å². The summed E-state index contributed by atoms with van der Waals surface area (Å²) in [7, 11) is 1.60. The van der Waals surface area contributed by atoms with Crippen LogP contribution in [0.25, 0.3) is 10.2 Å². The van der Waals surface area contributed by atoms with Crippen molar-refractivity contribution in [1.82, 2.24) is 20.2 Å². The molecule has 3 N–H and O–H groups in total. The summed E-state index contributed by atoms with van der Waals surface area (Å²) in [5.74, 6) is 2.19. The van der Waals surface area contributed by atoms with Gasteiger partial charge in [0.2, 0.25) is 5.01 Å². The van der Waals surface area contributed by atoms with Crippen molar-refractivity contribution in [3.8, 4) is 5.75 Å². The Labute approximate surface area is 203 Å². The Morgan fingerprint density at radius 3 is 2.85 bits per heavy atom. The van der Waals surface area contributed by atoms with Crippen LogP contribution in [0.15, 0.2) is 29.4 Å². The zero-order chi connectivity index (χ0) is 22.9. The number of aromatic nitrogens is 4. The van der Waals surface area contributed by atoms with Crippen LogP contribution in [0.2, 0.25) is 0 Å². The minimum Gasteiger partial charge on any atom is -0.497 e. The van der Waals surface area contributed by atoms with E-state index in [1.807, 2.05) is 0 Å². The Hall–Kier alpha value is -2.76. The van der Waals surface area contributed by atoms with Crippen LogP contribution < -0.4 is 15.8 Å². The number of nitrogens with one attached hydrogen (secondary N) is 1. The predicted molar refractivity (Wildman–Crippen MR) is 133 cm³/mol. The van der Waals surface area contributed by atoms with Crippen LogP contribution in [-0.2, 0) is 18.6 Å². The molecule has 0 fully saturated rings. The molecule has 0 spiro atoms. The first kappa shape index (κ1) is 22.1. The second kappa shape index (κ2) is 9.24. The third kappa shape index (κ3) is 4.66. The van der Waals surface area contributed by atoms with E-state index in [1.54, 1.807) is 42.7 Å². The van der Waals surface area contributed by atoms with E-state index in [9.17, 15) is 4.79 Å². The molecule has 11 heteroatoms. The summed E-state index contributed by atoms with van der Waals surface area (Å²) in [5, 5.41) is 13.7. The lowest BCUT2D eigenvalue weighted by molar-refractivity contribution is 0.102. The van der Waals surface area contributed by atoms with Crippen molar-refractivity contribution in [3.05, 3.63) is 44.7 Å². The lowest BCUT2D eigenvalue weighted by Crippen LogP contribution is -2.11. The fourth-order valence-corrected chi connectivity index (χ4v) is 6.82. The maximum Gasteiger partial charge on any atom is 0.286 e. The molecule has 1 aliphatic rings. The van der Waals surface area contributed by atoms with Gasteiger partial charge >= 0.3 is 0 Å². The smallest absolute Gasteiger partial charge is 0.286 e. The Morgan fingerprint density at radius 1 is 1.24 bits per heavy atom. The number of carbonyl (C=O) groups is 1. The number of ether oxygens (including phenoxy) is 1. The van der Waals surface area contributed by atoms with Gasteiger partial charge in [0.1, 0.15) is 21.4 Å². The molecule has 0 bridgehead atoms. The highest BCUT2D eigenvalue weighted by atomic mass is 32.2. The summed E-state index contributed by atoms with van der Waals surface area (Å²) in [6, 6.07) is 7.11. The molecular formula is C22H22N6O2S3. The molecule has 33 heavy (non-hydrogen) atoms. The minimum atomic E-state index is -0.297. The number of rotatable bonds is 6. The number of hydrogen-bond donors (Lipinski definition) is 2. The monoisotopic (exact) mass is 498 g/mol. The zero-order valence-electron chi connectivity index (χ0n) is 18.1. The number of carbonyl (C=O) groups excluding carboxylic acids is 1. The minimum absolute atomic E-state index is 0.297. The Morgan fingerprint density at radius 2 is 2.06 bits per heavy atom. The van der Waals surface area contributed by atoms with Crippen molar-refractivity contribution in [1.29, 1.82) is 0 Å². The van der Waals surface area contributed by atoms with Crippen molar-refractivity contribution in [3.63, 3.8) is 0 Å². The molecule has 3 aromatic heterocycles. The molecule has 1 atom stereocenters. The Balaban J connectivity index is 1.26. The number of methoxy groups -OCH3 is 1. The molecule has 0 saturated carbocycles. The second-order valence-electron chi connectivity index (χ2n) is 7.90. The summed E-state index contributed by atoms with van der Waals surface area (Å²) in [6.45, 7) is 2.29. The highest BCUT2D eigenvalue weighted by Gasteiger charge is 2.23. The molecule has 170 valence electrons. The quantitative estimate of drug-likeness (QED) is 0.288. The molecular weight excluding hydrogens is 476 g/mol. The number of thiophene rings is 1. The first-order valence-electron chi connectivity index (χ1n) is 10.5. The molecule has 5 rings (SSSR count). The van der Waals surface area contributed by atoms with Gasteiger partial charge in [-0.15, -0.1) is 21.5 Å². The molecule has 8 nitrogen and oxygen atoms in total. The van der Waals surface area contributed by atoms with E-state index in [4.69, 9.17) is 15.5 Å². The lowest BCUT2D eigenvalue weighted by Gasteiger charge is -2.17. The fourth-order valence-electron chi connectivity index (χ4n) is 3.80. The van der Waals surface area contributed by atoms with Gasteiger partial charge in [0.25, 0.3) is 5.91 Å². The van der Waals surface area contributed by atoms with Crippen LogP contribution >= 0.6 is 34.4 Å². The zero-order valence-corrected chi connectivity index (χ0v) is 20.6. The first-order valence-corrected chi connectivity index (χ1v) is 13.1. The second-order valence-corrected chi connectivity index (χ2v) is 11.0. The molecule has 4 aromatic rings. The van der Waals surface area contributed by atoms with Crippen molar-refractivity contribution >= 4 is 62.1 Å². The van der Waals surface area contributed by atoms with Crippen molar-refractivity contribution in [2.24, 2.45) is 5.92 Å². The number of aryl methyl sites for hydroxylation is 1. The number of nitrogens with two attached hydrogens (primary N) is 1. The van der Waals surface area contributed by atoms with Gasteiger partial charge in [-0.3, -0.25) is 4.79 Å². The number of hydrogen-bond acceptors (Lipinski definition) is 10. The van der Waals surface area contributed by atoms with E-state index < -0.39 is 0 Å². The number of anilines is 2. The van der Waals surface area contributed by atoms with E-state index in [1.165, 1.54) is 40.0 Å². The topological polar surface area (TPSA) is 116 Å². The van der Waals surface area contributed by atoms with Gasteiger partial charge in [-0.25, -0.2) is 9.97 Å². The number of fused-ring (bicyclic) bond motifs is 3. The van der Waals surface area contributed by atoms with Gasteiger partial charge in [0, 0.05) is 10.6 Å². The summed E-state index contributed by atoms with van der Waals surface area (Å²) in [6.07, 6.45) is 3.31. The van der Waals surface area contributed by atoms with Crippen LogP contribution in [-0.4, -0.2) is 33.2 Å². The van der Waals surface area contributed by atoms with E-state index in [-0.39, 0.29) is 5.91 Å². The average Bonchev–Trinajstić information content (AvgIpc) is 3.42.